The van der Waals surface area contributed by atoms with Gasteiger partial charge < -0.3 is 23.7 Å². The number of benzene rings is 1. The molecular weight excluding hydrogens is 474 g/mol. The molecule has 1 aromatic carbocycles. The van der Waals surface area contributed by atoms with Crippen LogP contribution >= 0.6 is 11.3 Å². The maximum absolute atomic E-state index is 13.1. The van der Waals surface area contributed by atoms with Gasteiger partial charge in [-0.2, -0.15) is 5.26 Å². The lowest BCUT2D eigenvalue weighted by Gasteiger charge is -2.13. The van der Waals surface area contributed by atoms with Crippen molar-refractivity contribution in [2.75, 3.05) is 34.5 Å². The van der Waals surface area contributed by atoms with Gasteiger partial charge in [0, 0.05) is 11.3 Å². The molecule has 0 spiro atoms. The summed E-state index contributed by atoms with van der Waals surface area (Å²) in [6.07, 6.45) is 1.12. The lowest BCUT2D eigenvalue weighted by Crippen LogP contribution is -2.12. The molecule has 1 aromatic heterocycles. The fourth-order valence-corrected chi connectivity index (χ4v) is 4.51. The molecule has 0 N–H and O–H groups in total. The third-order valence-corrected chi connectivity index (χ3v) is 6.17. The number of ketones is 1. The van der Waals surface area contributed by atoms with Crippen molar-refractivity contribution < 1.29 is 38.1 Å². The highest BCUT2D eigenvalue weighted by molar-refractivity contribution is 7.14. The van der Waals surface area contributed by atoms with Crippen molar-refractivity contribution in [3.63, 3.8) is 0 Å². The number of thiophene rings is 1. The molecule has 0 saturated heterocycles. The molecule has 2 rings (SSSR count). The normalized spacial score (nSPS) is 10.8. The van der Waals surface area contributed by atoms with Crippen molar-refractivity contribution in [1.82, 2.24) is 0 Å². The van der Waals surface area contributed by atoms with E-state index in [1.807, 2.05) is 6.07 Å². The van der Waals surface area contributed by atoms with Crippen LogP contribution in [0.1, 0.15) is 49.9 Å². The van der Waals surface area contributed by atoms with Gasteiger partial charge in [0.05, 0.1) is 45.7 Å². The molecule has 0 fully saturated rings. The molecule has 0 atom stereocenters. The summed E-state index contributed by atoms with van der Waals surface area (Å²) in [5.74, 6) is -0.680. The SMILES string of the molecule is CCOC(=O)c1sc(CC(=O)/C(C#N)=C/c2cc(OC)c(OC)c(OC)c2)c(C(=O)OCC)c1C. The number of nitriles is 1. The number of Topliss-reactive ketones (excluding diaryl/α,β-unsaturated/α-hetero) is 1. The van der Waals surface area contributed by atoms with E-state index in [-0.39, 0.29) is 35.6 Å². The van der Waals surface area contributed by atoms with Crippen molar-refractivity contribution in [2.24, 2.45) is 0 Å². The molecule has 0 bridgehead atoms. The van der Waals surface area contributed by atoms with Gasteiger partial charge in [-0.3, -0.25) is 4.79 Å². The summed E-state index contributed by atoms with van der Waals surface area (Å²) in [5, 5.41) is 9.68. The van der Waals surface area contributed by atoms with E-state index in [0.29, 0.717) is 33.3 Å². The Bertz CT molecular complexity index is 1160. The topological polar surface area (TPSA) is 121 Å². The molecule has 0 aliphatic heterocycles. The van der Waals surface area contributed by atoms with Crippen LogP contribution in [-0.4, -0.2) is 52.3 Å². The van der Waals surface area contributed by atoms with E-state index in [9.17, 15) is 19.6 Å². The third kappa shape index (κ3) is 6.19. The van der Waals surface area contributed by atoms with Gasteiger partial charge in [0.1, 0.15) is 10.9 Å². The summed E-state index contributed by atoms with van der Waals surface area (Å²) in [6.45, 7) is 5.21. The van der Waals surface area contributed by atoms with Crippen molar-refractivity contribution in [3.8, 4) is 23.3 Å². The highest BCUT2D eigenvalue weighted by atomic mass is 32.1. The first kappa shape index (κ1) is 27.4. The van der Waals surface area contributed by atoms with Crippen molar-refractivity contribution in [3.05, 3.63) is 44.2 Å². The maximum atomic E-state index is 13.1. The number of esters is 2. The third-order valence-electron chi connectivity index (χ3n) is 4.90. The highest BCUT2D eigenvalue weighted by Gasteiger charge is 2.28. The fourth-order valence-electron chi connectivity index (χ4n) is 3.33. The van der Waals surface area contributed by atoms with Gasteiger partial charge in [-0.25, -0.2) is 9.59 Å². The molecule has 186 valence electrons. The minimum absolute atomic E-state index is 0.126. The second-order valence-electron chi connectivity index (χ2n) is 7.02. The van der Waals surface area contributed by atoms with Crippen LogP contribution in [0.4, 0.5) is 0 Å². The monoisotopic (exact) mass is 501 g/mol. The quantitative estimate of drug-likeness (QED) is 0.254. The lowest BCUT2D eigenvalue weighted by atomic mass is 10.0. The molecule has 0 aliphatic carbocycles. The summed E-state index contributed by atoms with van der Waals surface area (Å²) in [5.41, 5.74) is 0.836. The van der Waals surface area contributed by atoms with Crippen LogP contribution in [0.5, 0.6) is 17.2 Å². The number of ether oxygens (including phenoxy) is 5. The number of hydrogen-bond donors (Lipinski definition) is 0. The maximum Gasteiger partial charge on any atom is 0.348 e. The summed E-state index contributed by atoms with van der Waals surface area (Å²) in [4.78, 5) is 38.6. The Morgan fingerprint density at radius 2 is 1.54 bits per heavy atom. The zero-order valence-electron chi connectivity index (χ0n) is 20.5. The second-order valence-corrected chi connectivity index (χ2v) is 8.13. The van der Waals surface area contributed by atoms with Crippen molar-refractivity contribution >= 4 is 35.1 Å². The predicted octanol–water partition coefficient (Wildman–Crippen LogP) is 4.15. The van der Waals surface area contributed by atoms with E-state index in [4.69, 9.17) is 23.7 Å². The molecule has 0 aliphatic rings. The number of allylic oxidation sites excluding steroid dienone is 1. The number of carbonyl (C=O) groups is 3. The van der Waals surface area contributed by atoms with Gasteiger partial charge >= 0.3 is 11.9 Å². The molecule has 0 unspecified atom stereocenters. The van der Waals surface area contributed by atoms with Crippen LogP contribution in [0.3, 0.4) is 0 Å². The van der Waals surface area contributed by atoms with Gasteiger partial charge in [-0.15, -0.1) is 11.3 Å². The molecule has 0 saturated carbocycles. The van der Waals surface area contributed by atoms with E-state index in [0.717, 1.165) is 11.3 Å². The first-order chi connectivity index (χ1) is 16.8. The molecule has 9 nitrogen and oxygen atoms in total. The van der Waals surface area contributed by atoms with Gasteiger partial charge in [0.25, 0.3) is 0 Å². The van der Waals surface area contributed by atoms with Crippen LogP contribution in [-0.2, 0) is 20.7 Å². The largest absolute Gasteiger partial charge is 0.493 e. The molecular formula is C25H27NO8S. The molecule has 0 radical (unpaired) electrons. The van der Waals surface area contributed by atoms with E-state index >= 15 is 0 Å². The molecule has 2 aromatic rings. The molecule has 0 amide bonds. The summed E-state index contributed by atoms with van der Waals surface area (Å²) >= 11 is 0.979. The standard InChI is InChI=1S/C25H27NO8S/c1-7-33-24(28)21-14(3)23(25(29)34-8-2)35-20(21)12-17(27)16(13-26)9-15-10-18(30-4)22(32-6)19(11-15)31-5/h9-11H,7-8,12H2,1-6H3/b16-9+. The predicted molar refractivity (Wildman–Crippen MR) is 129 cm³/mol. The van der Waals surface area contributed by atoms with Crippen molar-refractivity contribution in [2.45, 2.75) is 27.2 Å². The van der Waals surface area contributed by atoms with Gasteiger partial charge in [0.2, 0.25) is 5.75 Å². The second kappa shape index (κ2) is 12.6. The summed E-state index contributed by atoms with van der Waals surface area (Å²) < 4.78 is 26.1. The molecule has 1 heterocycles. The average molecular weight is 502 g/mol. The highest BCUT2D eigenvalue weighted by Crippen LogP contribution is 2.39. The zero-order chi connectivity index (χ0) is 26.1. The minimum atomic E-state index is -0.647. The van der Waals surface area contributed by atoms with Crippen LogP contribution < -0.4 is 14.2 Å². The Morgan fingerprint density at radius 1 is 0.971 bits per heavy atom. The van der Waals surface area contributed by atoms with E-state index in [1.165, 1.54) is 27.4 Å². The molecule has 35 heavy (non-hydrogen) atoms. The number of rotatable bonds is 11. The first-order valence-corrected chi connectivity index (χ1v) is 11.5. The van der Waals surface area contributed by atoms with E-state index < -0.39 is 17.7 Å². The minimum Gasteiger partial charge on any atom is -0.493 e. The van der Waals surface area contributed by atoms with E-state index in [2.05, 4.69) is 0 Å². The smallest absolute Gasteiger partial charge is 0.348 e. The molecule has 10 heteroatoms. The van der Waals surface area contributed by atoms with Crippen LogP contribution in [0, 0.1) is 18.3 Å². The summed E-state index contributed by atoms with van der Waals surface area (Å²) in [6, 6.07) is 5.11. The van der Waals surface area contributed by atoms with Crippen LogP contribution in [0.25, 0.3) is 6.08 Å². The number of hydrogen-bond acceptors (Lipinski definition) is 10. The Labute approximate surface area is 207 Å². The Hall–Kier alpha value is -3.84. The van der Waals surface area contributed by atoms with Crippen LogP contribution in [0.15, 0.2) is 17.7 Å². The summed E-state index contributed by atoms with van der Waals surface area (Å²) in [7, 11) is 4.38. The fraction of sp³-hybridized carbons (Fsp3) is 0.360. The zero-order valence-corrected chi connectivity index (χ0v) is 21.3. The lowest BCUT2D eigenvalue weighted by molar-refractivity contribution is -0.114. The number of carbonyl (C=O) groups excluding carboxylic acids is 3. The van der Waals surface area contributed by atoms with Crippen LogP contribution in [0.2, 0.25) is 0 Å². The van der Waals surface area contributed by atoms with E-state index in [1.54, 1.807) is 32.9 Å². The Kier molecular flexibility index (Phi) is 9.85. The first-order valence-electron chi connectivity index (χ1n) is 10.7. The Morgan fingerprint density at radius 3 is 2.03 bits per heavy atom. The van der Waals surface area contributed by atoms with Gasteiger partial charge in [-0.05, 0) is 50.1 Å². The van der Waals surface area contributed by atoms with Gasteiger partial charge in [0.15, 0.2) is 17.3 Å². The average Bonchev–Trinajstić information content (AvgIpc) is 3.17. The number of methoxy groups -OCH3 is 3. The van der Waals surface area contributed by atoms with Crippen molar-refractivity contribution in [1.29, 1.82) is 5.26 Å². The Balaban J connectivity index is 2.50. The number of nitrogens with zero attached hydrogens (tertiary/aromatic N) is 1. The van der Waals surface area contributed by atoms with Gasteiger partial charge in [-0.1, -0.05) is 0 Å².